The van der Waals surface area contributed by atoms with E-state index in [-0.39, 0.29) is 16.4 Å². The van der Waals surface area contributed by atoms with Crippen molar-refractivity contribution in [3.8, 4) is 11.4 Å². The normalized spacial score (nSPS) is 11.6. The zero-order valence-electron chi connectivity index (χ0n) is 23.0. The van der Waals surface area contributed by atoms with E-state index in [2.05, 4.69) is 10.5 Å². The number of aromatic nitrogens is 1. The summed E-state index contributed by atoms with van der Waals surface area (Å²) < 4.78 is 49.2. The Morgan fingerprint density at radius 2 is 1.62 bits per heavy atom. The Bertz CT molecular complexity index is 1660. The average molecular weight is 563 g/mol. The molecule has 0 unspecified atom stereocenters. The summed E-state index contributed by atoms with van der Waals surface area (Å²) >= 11 is 0. The smallest absolute Gasteiger partial charge is 0.264 e. The number of benzene rings is 3. The van der Waals surface area contributed by atoms with Gasteiger partial charge in [0.2, 0.25) is 0 Å². The molecule has 1 N–H and O–H groups in total. The van der Waals surface area contributed by atoms with Crippen molar-refractivity contribution in [1.82, 2.24) is 9.99 Å². The number of sulfonamides is 1. The summed E-state index contributed by atoms with van der Waals surface area (Å²) in [6, 6.07) is 19.6. The van der Waals surface area contributed by atoms with Gasteiger partial charge in [-0.15, -0.1) is 0 Å². The second-order valence-electron chi connectivity index (χ2n) is 9.43. The fourth-order valence-corrected chi connectivity index (χ4v) is 5.80. The molecular formula is C30H31FN4O4S. The molecule has 10 heteroatoms. The summed E-state index contributed by atoms with van der Waals surface area (Å²) in [5.41, 5.74) is 7.67. The van der Waals surface area contributed by atoms with Crippen LogP contribution in [0.3, 0.4) is 0 Å². The summed E-state index contributed by atoms with van der Waals surface area (Å²) in [5, 5.41) is 4.09. The van der Waals surface area contributed by atoms with E-state index in [0.717, 1.165) is 38.1 Å². The number of rotatable bonds is 9. The van der Waals surface area contributed by atoms with Crippen LogP contribution in [0.4, 0.5) is 10.1 Å². The van der Waals surface area contributed by atoms with Crippen molar-refractivity contribution in [2.75, 3.05) is 18.0 Å². The predicted octanol–water partition coefficient (Wildman–Crippen LogP) is 5.20. The maximum Gasteiger partial charge on any atom is 0.264 e. The Morgan fingerprint density at radius 1 is 0.975 bits per heavy atom. The van der Waals surface area contributed by atoms with Gasteiger partial charge in [-0.05, 0) is 87.9 Å². The van der Waals surface area contributed by atoms with Crippen LogP contribution in [-0.4, -0.2) is 38.8 Å². The Morgan fingerprint density at radius 3 is 2.27 bits per heavy atom. The zero-order chi connectivity index (χ0) is 29.0. The number of hydrogen-bond donors (Lipinski definition) is 1. The van der Waals surface area contributed by atoms with Crippen LogP contribution in [0.25, 0.3) is 5.69 Å². The molecular weight excluding hydrogens is 531 g/mol. The number of ether oxygens (including phenoxy) is 1. The molecule has 1 amide bonds. The molecule has 0 fully saturated rings. The van der Waals surface area contributed by atoms with Gasteiger partial charge in [0.15, 0.2) is 0 Å². The Labute approximate surface area is 233 Å². The van der Waals surface area contributed by atoms with Crippen LogP contribution in [-0.2, 0) is 14.8 Å². The number of hydrogen-bond acceptors (Lipinski definition) is 5. The highest BCUT2D eigenvalue weighted by Gasteiger charge is 2.29. The summed E-state index contributed by atoms with van der Waals surface area (Å²) in [7, 11) is -2.68. The lowest BCUT2D eigenvalue weighted by Crippen LogP contribution is -2.39. The van der Waals surface area contributed by atoms with Crippen molar-refractivity contribution in [3.05, 3.63) is 107 Å². The number of halogens is 1. The molecule has 0 aliphatic rings. The topological polar surface area (TPSA) is 93.0 Å². The van der Waals surface area contributed by atoms with Crippen molar-refractivity contribution in [1.29, 1.82) is 0 Å². The molecule has 1 aromatic heterocycles. The van der Waals surface area contributed by atoms with Crippen molar-refractivity contribution in [3.63, 3.8) is 0 Å². The Kier molecular flexibility index (Phi) is 8.39. The number of methoxy groups -OCH3 is 1. The van der Waals surface area contributed by atoms with Gasteiger partial charge in [0.05, 0.1) is 23.9 Å². The first kappa shape index (κ1) is 28.6. The molecule has 8 nitrogen and oxygen atoms in total. The Hall–Kier alpha value is -4.44. The second kappa shape index (κ2) is 11.7. The fraction of sp³-hybridized carbons (Fsp3) is 0.200. The molecule has 4 aromatic rings. The van der Waals surface area contributed by atoms with E-state index in [9.17, 15) is 17.6 Å². The number of nitrogens with zero attached hydrogens (tertiary/aromatic N) is 3. The van der Waals surface area contributed by atoms with E-state index >= 15 is 0 Å². The number of aryl methyl sites for hydroxylation is 3. The number of nitrogens with one attached hydrogen (secondary N) is 1. The first-order valence-corrected chi connectivity index (χ1v) is 14.0. The van der Waals surface area contributed by atoms with Gasteiger partial charge in [-0.25, -0.2) is 18.2 Å². The molecule has 0 bridgehead atoms. The van der Waals surface area contributed by atoms with E-state index in [1.807, 2.05) is 38.3 Å². The molecule has 40 heavy (non-hydrogen) atoms. The van der Waals surface area contributed by atoms with E-state index in [0.29, 0.717) is 5.75 Å². The van der Waals surface area contributed by atoms with Crippen LogP contribution in [0.1, 0.15) is 28.1 Å². The molecule has 0 spiro atoms. The molecule has 0 saturated heterocycles. The predicted molar refractivity (Wildman–Crippen MR) is 154 cm³/mol. The molecule has 0 atom stereocenters. The highest BCUT2D eigenvalue weighted by atomic mass is 32.2. The molecule has 0 aliphatic carbocycles. The van der Waals surface area contributed by atoms with E-state index < -0.39 is 22.5 Å². The van der Waals surface area contributed by atoms with E-state index in [4.69, 9.17) is 4.74 Å². The second-order valence-corrected chi connectivity index (χ2v) is 11.3. The lowest BCUT2D eigenvalue weighted by Gasteiger charge is -2.25. The van der Waals surface area contributed by atoms with Gasteiger partial charge in [-0.2, -0.15) is 5.10 Å². The summed E-state index contributed by atoms with van der Waals surface area (Å²) in [6.07, 6.45) is 1.49. The monoisotopic (exact) mass is 562 g/mol. The highest BCUT2D eigenvalue weighted by Crippen LogP contribution is 2.33. The third kappa shape index (κ3) is 6.07. The molecule has 0 saturated carbocycles. The quantitative estimate of drug-likeness (QED) is 0.224. The zero-order valence-corrected chi connectivity index (χ0v) is 23.8. The number of carbonyl (C=O) groups excluding carboxylic acids is 1. The van der Waals surface area contributed by atoms with Crippen molar-refractivity contribution >= 4 is 27.8 Å². The number of amides is 1. The minimum absolute atomic E-state index is 0.0474. The first-order chi connectivity index (χ1) is 19.0. The van der Waals surface area contributed by atoms with Gasteiger partial charge in [0.1, 0.15) is 18.1 Å². The van der Waals surface area contributed by atoms with Crippen LogP contribution in [0.5, 0.6) is 5.75 Å². The van der Waals surface area contributed by atoms with Crippen molar-refractivity contribution in [2.45, 2.75) is 32.6 Å². The van der Waals surface area contributed by atoms with Gasteiger partial charge in [0, 0.05) is 22.6 Å². The molecule has 0 radical (unpaired) electrons. The lowest BCUT2D eigenvalue weighted by molar-refractivity contribution is -0.119. The Balaban J connectivity index is 1.60. The van der Waals surface area contributed by atoms with Gasteiger partial charge >= 0.3 is 0 Å². The SMILES string of the molecule is COc1ccc(C)cc1N(CC(=O)N/N=C\c1cc(C)n(-c2ccc(F)cc2)c1C)S(=O)(=O)c1ccc(C)cc1. The molecule has 4 rings (SSSR count). The molecule has 0 aliphatic heterocycles. The highest BCUT2D eigenvalue weighted by molar-refractivity contribution is 7.92. The van der Waals surface area contributed by atoms with Crippen LogP contribution in [0.2, 0.25) is 0 Å². The van der Waals surface area contributed by atoms with Crippen molar-refractivity contribution < 1.29 is 22.3 Å². The van der Waals surface area contributed by atoms with Crippen LogP contribution in [0, 0.1) is 33.5 Å². The van der Waals surface area contributed by atoms with E-state index in [1.165, 1.54) is 37.6 Å². The van der Waals surface area contributed by atoms with Gasteiger partial charge in [-0.1, -0.05) is 23.8 Å². The summed E-state index contributed by atoms with van der Waals surface area (Å²) in [6.45, 7) is 6.96. The summed E-state index contributed by atoms with van der Waals surface area (Å²) in [5.74, 6) is -0.647. The van der Waals surface area contributed by atoms with Gasteiger partial charge in [-0.3, -0.25) is 9.10 Å². The van der Waals surface area contributed by atoms with E-state index in [1.54, 1.807) is 42.5 Å². The van der Waals surface area contributed by atoms with Crippen LogP contribution >= 0.6 is 0 Å². The number of anilines is 1. The molecule has 1 heterocycles. The molecule has 3 aromatic carbocycles. The van der Waals surface area contributed by atoms with Crippen molar-refractivity contribution in [2.24, 2.45) is 5.10 Å². The standard InChI is InChI=1S/C30H31FN4O4S/c1-20-6-13-27(14-7-20)40(37,38)34(28-16-21(2)8-15-29(28)39-5)19-30(36)33-32-18-24-17-22(3)35(23(24)4)26-11-9-25(31)10-12-26/h6-18H,19H2,1-5H3,(H,33,36)/b32-18-. The van der Waals surface area contributed by atoms with Crippen LogP contribution < -0.4 is 14.5 Å². The van der Waals surface area contributed by atoms with Crippen LogP contribution in [0.15, 0.2) is 82.8 Å². The molecule has 208 valence electrons. The average Bonchev–Trinajstić information content (AvgIpc) is 3.20. The summed E-state index contributed by atoms with van der Waals surface area (Å²) in [4.78, 5) is 13.1. The minimum Gasteiger partial charge on any atom is -0.495 e. The third-order valence-corrected chi connectivity index (χ3v) is 8.22. The minimum atomic E-state index is -4.12. The third-order valence-electron chi connectivity index (χ3n) is 6.45. The lowest BCUT2D eigenvalue weighted by atomic mass is 10.2. The van der Waals surface area contributed by atoms with Gasteiger partial charge in [0.25, 0.3) is 15.9 Å². The number of carbonyl (C=O) groups is 1. The first-order valence-electron chi connectivity index (χ1n) is 12.5. The fourth-order valence-electron chi connectivity index (χ4n) is 4.38. The maximum atomic E-state index is 13.7. The maximum absolute atomic E-state index is 13.7. The number of hydrazone groups is 1. The largest absolute Gasteiger partial charge is 0.495 e. The van der Waals surface area contributed by atoms with Gasteiger partial charge < -0.3 is 9.30 Å².